The Morgan fingerprint density at radius 1 is 0.826 bits per heavy atom. The van der Waals surface area contributed by atoms with Crippen LogP contribution >= 0.6 is 0 Å². The first-order chi connectivity index (χ1) is 10.4. The molecule has 3 nitrogen and oxygen atoms in total. The van der Waals surface area contributed by atoms with Gasteiger partial charge < -0.3 is 9.30 Å². The molecule has 0 N–H and O–H groups in total. The van der Waals surface area contributed by atoms with Crippen LogP contribution in [-0.4, -0.2) is 10.2 Å². The maximum absolute atomic E-state index is 13.0. The average Bonchev–Trinajstić information content (AvgIpc) is 2.45. The van der Waals surface area contributed by atoms with Crippen LogP contribution in [-0.2, 0) is 5.54 Å². The maximum Gasteiger partial charge on any atom is 0.192 e. The van der Waals surface area contributed by atoms with Gasteiger partial charge in [0.1, 0.15) is 11.4 Å². The number of pyridine rings is 1. The summed E-state index contributed by atoms with van der Waals surface area (Å²) in [6.07, 6.45) is 0. The van der Waals surface area contributed by atoms with Crippen molar-refractivity contribution in [2.45, 2.75) is 73.5 Å². The molecular formula is C20H27NO2. The number of aromatic nitrogens is 1. The fraction of sp³-hybridized carbons (Fsp3) is 0.550. The van der Waals surface area contributed by atoms with Gasteiger partial charge in [0.15, 0.2) is 5.43 Å². The lowest BCUT2D eigenvalue weighted by Gasteiger charge is -2.49. The SMILES string of the molecule is Cc1c(C)c2c3c(c1C)c(=O)c(C)c(C)n3C(C)(C)C(C)(C)O2. The van der Waals surface area contributed by atoms with E-state index in [1.54, 1.807) is 0 Å². The summed E-state index contributed by atoms with van der Waals surface area (Å²) in [5, 5.41) is 0.815. The molecule has 0 aliphatic carbocycles. The van der Waals surface area contributed by atoms with Gasteiger partial charge in [-0.2, -0.15) is 0 Å². The van der Waals surface area contributed by atoms with Crippen LogP contribution in [0.5, 0.6) is 5.75 Å². The predicted octanol–water partition coefficient (Wildman–Crippen LogP) is 4.45. The Balaban J connectivity index is 2.74. The van der Waals surface area contributed by atoms with Crippen LogP contribution in [0, 0.1) is 34.6 Å². The molecule has 0 radical (unpaired) electrons. The number of nitrogens with zero attached hydrogens (tertiary/aromatic N) is 1. The summed E-state index contributed by atoms with van der Waals surface area (Å²) in [6.45, 7) is 18.8. The first-order valence-electron chi connectivity index (χ1n) is 8.28. The summed E-state index contributed by atoms with van der Waals surface area (Å²) in [5.74, 6) is 0.868. The van der Waals surface area contributed by atoms with Crippen LogP contribution in [0.1, 0.15) is 55.6 Å². The maximum atomic E-state index is 13.0. The highest BCUT2D eigenvalue weighted by Crippen LogP contribution is 2.47. The topological polar surface area (TPSA) is 31.2 Å². The van der Waals surface area contributed by atoms with Crippen molar-refractivity contribution in [3.63, 3.8) is 0 Å². The minimum absolute atomic E-state index is 0.134. The van der Waals surface area contributed by atoms with Crippen LogP contribution in [0.3, 0.4) is 0 Å². The van der Waals surface area contributed by atoms with Gasteiger partial charge in [0.05, 0.1) is 16.4 Å². The van der Waals surface area contributed by atoms with Crippen molar-refractivity contribution in [2.24, 2.45) is 0 Å². The molecule has 0 atom stereocenters. The predicted molar refractivity (Wildman–Crippen MR) is 95.9 cm³/mol. The molecular weight excluding hydrogens is 286 g/mol. The second-order valence-corrected chi connectivity index (χ2v) is 7.97. The molecule has 124 valence electrons. The summed E-state index contributed by atoms with van der Waals surface area (Å²) in [6, 6.07) is 0. The van der Waals surface area contributed by atoms with Gasteiger partial charge in [-0.05, 0) is 79.0 Å². The van der Waals surface area contributed by atoms with Crippen LogP contribution < -0.4 is 10.2 Å². The van der Waals surface area contributed by atoms with Crippen LogP contribution in [0.2, 0.25) is 0 Å². The van der Waals surface area contributed by atoms with Gasteiger partial charge in [-0.25, -0.2) is 0 Å². The highest BCUT2D eigenvalue weighted by atomic mass is 16.5. The molecule has 0 unspecified atom stereocenters. The molecule has 0 spiro atoms. The summed E-state index contributed by atoms with van der Waals surface area (Å²) in [5.41, 5.74) is 5.69. The number of hydrogen-bond acceptors (Lipinski definition) is 2. The quantitative estimate of drug-likeness (QED) is 0.719. The molecule has 1 aromatic carbocycles. The van der Waals surface area contributed by atoms with E-state index in [2.05, 4.69) is 53.0 Å². The zero-order chi connectivity index (χ0) is 17.5. The molecule has 1 aliphatic heterocycles. The van der Waals surface area contributed by atoms with E-state index >= 15 is 0 Å². The van der Waals surface area contributed by atoms with Crippen molar-refractivity contribution in [3.05, 3.63) is 38.2 Å². The van der Waals surface area contributed by atoms with Crippen molar-refractivity contribution in [1.29, 1.82) is 0 Å². The van der Waals surface area contributed by atoms with Crippen LogP contribution in [0.4, 0.5) is 0 Å². The number of benzene rings is 1. The van der Waals surface area contributed by atoms with E-state index in [9.17, 15) is 4.79 Å². The summed E-state index contributed by atoms with van der Waals surface area (Å²) in [7, 11) is 0. The molecule has 2 aromatic rings. The third kappa shape index (κ3) is 1.74. The fourth-order valence-corrected chi connectivity index (χ4v) is 3.76. The highest BCUT2D eigenvalue weighted by molar-refractivity contribution is 5.92. The Hall–Kier alpha value is -1.77. The Bertz CT molecular complexity index is 914. The van der Waals surface area contributed by atoms with E-state index < -0.39 is 0 Å². The lowest BCUT2D eigenvalue weighted by atomic mass is 9.81. The van der Waals surface area contributed by atoms with Gasteiger partial charge in [0.25, 0.3) is 0 Å². The lowest BCUT2D eigenvalue weighted by Crippen LogP contribution is -2.55. The van der Waals surface area contributed by atoms with Crippen LogP contribution in [0.15, 0.2) is 4.79 Å². The summed E-state index contributed by atoms with van der Waals surface area (Å²) in [4.78, 5) is 13.0. The molecule has 0 fully saturated rings. The first-order valence-corrected chi connectivity index (χ1v) is 8.28. The Morgan fingerprint density at radius 3 is 1.96 bits per heavy atom. The molecule has 0 saturated carbocycles. The Labute approximate surface area is 138 Å². The molecule has 1 aromatic heterocycles. The molecule has 1 aliphatic rings. The fourth-order valence-electron chi connectivity index (χ4n) is 3.76. The first kappa shape index (κ1) is 16.1. The average molecular weight is 313 g/mol. The number of aryl methyl sites for hydroxylation is 1. The third-order valence-electron chi connectivity index (χ3n) is 6.35. The van der Waals surface area contributed by atoms with Crippen molar-refractivity contribution < 1.29 is 4.74 Å². The number of hydrogen-bond donors (Lipinski definition) is 0. The van der Waals surface area contributed by atoms with Crippen LogP contribution in [0.25, 0.3) is 10.9 Å². The van der Waals surface area contributed by atoms with Gasteiger partial charge in [0.2, 0.25) is 0 Å². The van der Waals surface area contributed by atoms with Crippen molar-refractivity contribution in [3.8, 4) is 5.75 Å². The van der Waals surface area contributed by atoms with Gasteiger partial charge >= 0.3 is 0 Å². The minimum Gasteiger partial charge on any atom is -0.483 e. The van der Waals surface area contributed by atoms with Crippen molar-refractivity contribution in [2.75, 3.05) is 0 Å². The van der Waals surface area contributed by atoms with Crippen molar-refractivity contribution >= 4 is 10.9 Å². The third-order valence-corrected chi connectivity index (χ3v) is 6.35. The highest BCUT2D eigenvalue weighted by Gasteiger charge is 2.46. The van der Waals surface area contributed by atoms with E-state index in [1.165, 1.54) is 0 Å². The molecule has 0 saturated heterocycles. The smallest absolute Gasteiger partial charge is 0.192 e. The van der Waals surface area contributed by atoms with Crippen molar-refractivity contribution in [1.82, 2.24) is 4.57 Å². The molecule has 3 heteroatoms. The lowest BCUT2D eigenvalue weighted by molar-refractivity contribution is -0.0130. The normalized spacial score (nSPS) is 18.1. The summed E-state index contributed by atoms with van der Waals surface area (Å²) >= 11 is 0. The van der Waals surface area contributed by atoms with E-state index in [-0.39, 0.29) is 16.6 Å². The van der Waals surface area contributed by atoms with E-state index in [1.807, 2.05) is 13.8 Å². The molecule has 2 heterocycles. The van der Waals surface area contributed by atoms with Gasteiger partial charge in [-0.3, -0.25) is 4.79 Å². The Kier molecular flexibility index (Phi) is 3.08. The molecule has 0 bridgehead atoms. The molecule has 23 heavy (non-hydrogen) atoms. The molecule has 0 amide bonds. The van der Waals surface area contributed by atoms with E-state index in [0.29, 0.717) is 0 Å². The second-order valence-electron chi connectivity index (χ2n) is 7.97. The number of ether oxygens (including phenoxy) is 1. The van der Waals surface area contributed by atoms with E-state index in [4.69, 9.17) is 4.74 Å². The number of rotatable bonds is 0. The molecule has 3 rings (SSSR count). The standard InChI is InChI=1S/C20H27NO2/c1-10-11(2)15-16-18(12(10)3)23-20(8,9)19(6,7)21(16)14(5)13(4)17(15)22/h1-9H3. The minimum atomic E-state index is -0.369. The zero-order valence-corrected chi connectivity index (χ0v) is 15.8. The van der Waals surface area contributed by atoms with Gasteiger partial charge in [-0.15, -0.1) is 0 Å². The summed E-state index contributed by atoms with van der Waals surface area (Å²) < 4.78 is 8.79. The Morgan fingerprint density at radius 2 is 1.39 bits per heavy atom. The monoisotopic (exact) mass is 313 g/mol. The largest absolute Gasteiger partial charge is 0.483 e. The van der Waals surface area contributed by atoms with E-state index in [0.717, 1.165) is 44.6 Å². The van der Waals surface area contributed by atoms with Gasteiger partial charge in [-0.1, -0.05) is 0 Å². The zero-order valence-electron chi connectivity index (χ0n) is 15.8. The van der Waals surface area contributed by atoms with Gasteiger partial charge in [0, 0.05) is 11.3 Å². The second kappa shape index (κ2) is 4.40.